The quantitative estimate of drug-likeness (QED) is 0.603. The van der Waals surface area contributed by atoms with Crippen LogP contribution in [0.25, 0.3) is 0 Å². The molecule has 2 saturated heterocycles. The first-order valence-electron chi connectivity index (χ1n) is 9.76. The molecular formula is C21H22N2O6. The number of fused-ring (bicyclic) bond motifs is 3. The Morgan fingerprint density at radius 3 is 2.83 bits per heavy atom. The number of methoxy groups -OCH3 is 1. The molecule has 4 atom stereocenters. The number of hydrogen-bond donors (Lipinski definition) is 1. The second-order valence-corrected chi connectivity index (χ2v) is 7.88. The smallest absolute Gasteiger partial charge is 0.348 e. The number of piperidine rings is 1. The van der Waals surface area contributed by atoms with Crippen molar-refractivity contribution in [3.05, 3.63) is 46.7 Å². The van der Waals surface area contributed by atoms with Crippen molar-refractivity contribution in [2.24, 2.45) is 5.92 Å². The van der Waals surface area contributed by atoms with Gasteiger partial charge in [0.05, 0.1) is 25.3 Å². The van der Waals surface area contributed by atoms with E-state index in [1.54, 1.807) is 13.8 Å². The molecule has 0 aliphatic carbocycles. The molecule has 8 nitrogen and oxygen atoms in total. The lowest BCUT2D eigenvalue weighted by molar-refractivity contribution is -0.175. The molecule has 1 aromatic carbocycles. The van der Waals surface area contributed by atoms with Crippen molar-refractivity contribution in [3.8, 4) is 0 Å². The van der Waals surface area contributed by atoms with Crippen LogP contribution in [0.2, 0.25) is 0 Å². The Hall–Kier alpha value is -2.87. The van der Waals surface area contributed by atoms with Crippen LogP contribution in [0, 0.1) is 5.92 Å². The van der Waals surface area contributed by atoms with Crippen LogP contribution in [0.5, 0.6) is 0 Å². The number of rotatable bonds is 3. The fourth-order valence-corrected chi connectivity index (χ4v) is 5.37. The Balaban J connectivity index is 1.77. The summed E-state index contributed by atoms with van der Waals surface area (Å²) in [5, 5.41) is 3.27. The largest absolute Gasteiger partial charge is 0.466 e. The summed E-state index contributed by atoms with van der Waals surface area (Å²) in [5.41, 5.74) is 1.11. The second-order valence-electron chi connectivity index (χ2n) is 7.88. The van der Waals surface area contributed by atoms with Gasteiger partial charge < -0.3 is 19.5 Å². The van der Waals surface area contributed by atoms with E-state index in [1.807, 2.05) is 24.3 Å². The van der Waals surface area contributed by atoms with Crippen LogP contribution in [-0.2, 0) is 35.0 Å². The molecule has 4 heterocycles. The number of nitrogens with one attached hydrogen (secondary N) is 1. The molecule has 2 fully saturated rings. The number of esters is 2. The van der Waals surface area contributed by atoms with Gasteiger partial charge >= 0.3 is 11.9 Å². The van der Waals surface area contributed by atoms with Gasteiger partial charge in [0.2, 0.25) is 11.4 Å². The summed E-state index contributed by atoms with van der Waals surface area (Å²) in [4.78, 5) is 40.7. The van der Waals surface area contributed by atoms with Gasteiger partial charge in [0.25, 0.3) is 5.91 Å². The molecule has 1 N–H and O–H groups in total. The highest BCUT2D eigenvalue weighted by atomic mass is 16.6. The maximum atomic E-state index is 13.6. The van der Waals surface area contributed by atoms with Gasteiger partial charge in [-0.3, -0.25) is 9.69 Å². The monoisotopic (exact) mass is 398 g/mol. The fraction of sp³-hybridized carbons (Fsp3) is 0.476. The number of ether oxygens (including phenoxy) is 3. The number of carbonyl (C=O) groups excluding carboxylic acids is 3. The molecule has 1 aromatic rings. The maximum absolute atomic E-state index is 13.6. The molecule has 8 heteroatoms. The van der Waals surface area contributed by atoms with E-state index < -0.39 is 35.3 Å². The average Bonchev–Trinajstić information content (AvgIpc) is 3.13. The molecule has 0 aromatic heterocycles. The highest BCUT2D eigenvalue weighted by molar-refractivity contribution is 6.10. The van der Waals surface area contributed by atoms with Crippen LogP contribution in [0.1, 0.15) is 37.4 Å². The first-order valence-corrected chi connectivity index (χ1v) is 9.76. The summed E-state index contributed by atoms with van der Waals surface area (Å²) in [6.07, 6.45) is 0.830. The van der Waals surface area contributed by atoms with E-state index >= 15 is 0 Å². The Bertz CT molecular complexity index is 987. The van der Waals surface area contributed by atoms with Crippen molar-refractivity contribution in [2.75, 3.05) is 13.7 Å². The first kappa shape index (κ1) is 18.2. The molecule has 1 spiro atoms. The van der Waals surface area contributed by atoms with Crippen LogP contribution in [0.3, 0.4) is 0 Å². The standard InChI is InChI=1S/C21H22N2O6/c1-4-28-17(24)15-11(2)22-21-13-9-12-7-5-6-8-14(12)16(15)23(21)18(25)20(10-13,29-21)19(26)27-3/h5-8,13,16,22H,4,9-10H2,1-3H3/t13?,16-,20-,21-/m1/s1. The van der Waals surface area contributed by atoms with Gasteiger partial charge in [0.15, 0.2) is 0 Å². The third-order valence-corrected chi connectivity index (χ3v) is 6.47. The molecule has 0 radical (unpaired) electrons. The summed E-state index contributed by atoms with van der Waals surface area (Å²) in [6.45, 7) is 3.73. The summed E-state index contributed by atoms with van der Waals surface area (Å²) in [6, 6.07) is 7.03. The van der Waals surface area contributed by atoms with E-state index in [4.69, 9.17) is 14.2 Å². The van der Waals surface area contributed by atoms with Crippen LogP contribution in [-0.4, -0.2) is 47.9 Å². The Morgan fingerprint density at radius 2 is 2.10 bits per heavy atom. The van der Waals surface area contributed by atoms with Crippen molar-refractivity contribution in [3.63, 3.8) is 0 Å². The zero-order valence-corrected chi connectivity index (χ0v) is 16.5. The van der Waals surface area contributed by atoms with Crippen molar-refractivity contribution >= 4 is 17.8 Å². The van der Waals surface area contributed by atoms with E-state index in [2.05, 4.69) is 5.32 Å². The van der Waals surface area contributed by atoms with Gasteiger partial charge in [-0.1, -0.05) is 24.3 Å². The lowest BCUT2D eigenvalue weighted by atomic mass is 9.82. The Kier molecular flexibility index (Phi) is 3.65. The third kappa shape index (κ3) is 2.04. The van der Waals surface area contributed by atoms with E-state index in [1.165, 1.54) is 12.0 Å². The molecule has 3 bridgehead atoms. The van der Waals surface area contributed by atoms with Gasteiger partial charge in [-0.05, 0) is 31.4 Å². The number of allylic oxidation sites excluding steroid dienone is 1. The summed E-state index contributed by atoms with van der Waals surface area (Å²) >= 11 is 0. The molecule has 5 rings (SSSR count). The molecular weight excluding hydrogens is 376 g/mol. The zero-order chi connectivity index (χ0) is 20.6. The number of carbonyl (C=O) groups is 3. The Labute approximate surface area is 167 Å². The normalized spacial score (nSPS) is 33.8. The lowest BCUT2D eigenvalue weighted by Crippen LogP contribution is -2.66. The van der Waals surface area contributed by atoms with Crippen molar-refractivity contribution in [2.45, 2.75) is 44.2 Å². The SMILES string of the molecule is CCOC(=O)C1=C(C)N[C@]23O[C@]4(C(=O)OC)CC2Cc2ccccc2[C@H]1N3C4=O. The van der Waals surface area contributed by atoms with Crippen LogP contribution >= 0.6 is 0 Å². The zero-order valence-electron chi connectivity index (χ0n) is 16.5. The topological polar surface area (TPSA) is 94.2 Å². The molecule has 1 amide bonds. The fourth-order valence-electron chi connectivity index (χ4n) is 5.37. The van der Waals surface area contributed by atoms with Crippen molar-refractivity contribution < 1.29 is 28.6 Å². The van der Waals surface area contributed by atoms with Gasteiger partial charge in [-0.25, -0.2) is 9.59 Å². The summed E-state index contributed by atoms with van der Waals surface area (Å²) in [7, 11) is 1.25. The highest BCUT2D eigenvalue weighted by Gasteiger charge is 2.78. The minimum Gasteiger partial charge on any atom is -0.466 e. The highest BCUT2D eigenvalue weighted by Crippen LogP contribution is 2.60. The number of hydrogen-bond acceptors (Lipinski definition) is 7. The molecule has 4 aliphatic rings. The summed E-state index contributed by atoms with van der Waals surface area (Å²) in [5.74, 6) is -3.06. The van der Waals surface area contributed by atoms with Crippen LogP contribution in [0.4, 0.5) is 0 Å². The Morgan fingerprint density at radius 1 is 1.34 bits per heavy atom. The molecule has 0 saturated carbocycles. The molecule has 29 heavy (non-hydrogen) atoms. The predicted octanol–water partition coefficient (Wildman–Crippen LogP) is 1.17. The molecule has 152 valence electrons. The van der Waals surface area contributed by atoms with E-state index in [0.29, 0.717) is 17.7 Å². The van der Waals surface area contributed by atoms with E-state index in [9.17, 15) is 14.4 Å². The van der Waals surface area contributed by atoms with E-state index in [0.717, 1.165) is 11.1 Å². The van der Waals surface area contributed by atoms with Crippen LogP contribution in [0.15, 0.2) is 35.5 Å². The predicted molar refractivity (Wildman–Crippen MR) is 98.9 cm³/mol. The summed E-state index contributed by atoms with van der Waals surface area (Å²) < 4.78 is 16.5. The average molecular weight is 398 g/mol. The third-order valence-electron chi connectivity index (χ3n) is 6.47. The molecule has 1 unspecified atom stereocenters. The van der Waals surface area contributed by atoms with Gasteiger partial charge in [-0.2, -0.15) is 0 Å². The minimum atomic E-state index is -1.70. The van der Waals surface area contributed by atoms with Gasteiger partial charge in [0.1, 0.15) is 0 Å². The second kappa shape index (κ2) is 5.82. The molecule has 4 aliphatic heterocycles. The van der Waals surface area contributed by atoms with Gasteiger partial charge in [0, 0.05) is 18.0 Å². The van der Waals surface area contributed by atoms with Gasteiger partial charge in [-0.15, -0.1) is 0 Å². The number of benzene rings is 1. The van der Waals surface area contributed by atoms with Crippen molar-refractivity contribution in [1.29, 1.82) is 0 Å². The number of amides is 1. The van der Waals surface area contributed by atoms with E-state index in [-0.39, 0.29) is 18.9 Å². The first-order chi connectivity index (χ1) is 13.9. The van der Waals surface area contributed by atoms with Crippen LogP contribution < -0.4 is 5.32 Å². The number of nitrogens with zero attached hydrogens (tertiary/aromatic N) is 1. The lowest BCUT2D eigenvalue weighted by Gasteiger charge is -2.48. The van der Waals surface area contributed by atoms with Crippen molar-refractivity contribution in [1.82, 2.24) is 10.2 Å². The minimum absolute atomic E-state index is 0.177. The maximum Gasteiger partial charge on any atom is 0.348 e.